The van der Waals surface area contributed by atoms with E-state index in [2.05, 4.69) is 5.32 Å². The third kappa shape index (κ3) is 2.76. The molecule has 1 fully saturated rings. The van der Waals surface area contributed by atoms with Crippen molar-refractivity contribution in [2.24, 2.45) is 5.73 Å². The van der Waals surface area contributed by atoms with Gasteiger partial charge in [-0.05, 0) is 56.4 Å². The summed E-state index contributed by atoms with van der Waals surface area (Å²) < 4.78 is 0. The Morgan fingerprint density at radius 2 is 1.95 bits per heavy atom. The van der Waals surface area contributed by atoms with Gasteiger partial charge >= 0.3 is 0 Å². The molecule has 0 aromatic heterocycles. The minimum Gasteiger partial charge on any atom is -0.380 e. The van der Waals surface area contributed by atoms with Crippen molar-refractivity contribution in [2.75, 3.05) is 5.32 Å². The van der Waals surface area contributed by atoms with E-state index in [0.29, 0.717) is 29.7 Å². The number of amides is 2. The second-order valence-corrected chi connectivity index (χ2v) is 5.09. The second-order valence-electron chi connectivity index (χ2n) is 5.09. The SMILES string of the molecule is Cc1cc(NC(=O)C2(O)CCCC2)ccc1C(N)=O. The molecule has 1 aliphatic carbocycles. The van der Waals surface area contributed by atoms with Gasteiger partial charge in [-0.3, -0.25) is 9.59 Å². The van der Waals surface area contributed by atoms with E-state index in [1.54, 1.807) is 25.1 Å². The molecule has 2 amide bonds. The molecule has 0 aliphatic heterocycles. The van der Waals surface area contributed by atoms with Gasteiger partial charge in [0.25, 0.3) is 5.91 Å². The third-order valence-corrected chi connectivity index (χ3v) is 3.60. The molecule has 1 aromatic rings. The van der Waals surface area contributed by atoms with Crippen molar-refractivity contribution in [3.8, 4) is 0 Å². The standard InChI is InChI=1S/C14H18N2O3/c1-9-8-10(4-5-11(9)12(15)17)16-13(18)14(19)6-2-3-7-14/h4-5,8,19H,2-3,6-7H2,1H3,(H2,15,17)(H,16,18). The Balaban J connectivity index is 2.13. The first-order valence-electron chi connectivity index (χ1n) is 6.37. The Kier molecular flexibility index (Phi) is 3.57. The van der Waals surface area contributed by atoms with Crippen molar-refractivity contribution in [1.82, 2.24) is 0 Å². The van der Waals surface area contributed by atoms with Gasteiger partial charge in [0.05, 0.1) is 0 Å². The zero-order valence-electron chi connectivity index (χ0n) is 10.9. The predicted octanol–water partition coefficient (Wildman–Crippen LogP) is 1.34. The summed E-state index contributed by atoms with van der Waals surface area (Å²) in [7, 11) is 0. The number of carbonyl (C=O) groups is 2. The maximum Gasteiger partial charge on any atom is 0.256 e. The fourth-order valence-corrected chi connectivity index (χ4v) is 2.45. The van der Waals surface area contributed by atoms with Gasteiger partial charge in [-0.1, -0.05) is 0 Å². The smallest absolute Gasteiger partial charge is 0.256 e. The number of nitrogens with two attached hydrogens (primary N) is 1. The second kappa shape index (κ2) is 5.01. The van der Waals surface area contributed by atoms with Crippen molar-refractivity contribution >= 4 is 17.5 Å². The van der Waals surface area contributed by atoms with E-state index in [0.717, 1.165) is 12.8 Å². The molecular weight excluding hydrogens is 244 g/mol. The fraction of sp³-hybridized carbons (Fsp3) is 0.429. The average molecular weight is 262 g/mol. The summed E-state index contributed by atoms with van der Waals surface area (Å²) in [4.78, 5) is 23.1. The molecule has 0 unspecified atom stereocenters. The Bertz CT molecular complexity index is 519. The highest BCUT2D eigenvalue weighted by molar-refractivity contribution is 5.99. The summed E-state index contributed by atoms with van der Waals surface area (Å²) in [6.07, 6.45) is 2.72. The third-order valence-electron chi connectivity index (χ3n) is 3.60. The average Bonchev–Trinajstić information content (AvgIpc) is 2.77. The zero-order chi connectivity index (χ0) is 14.0. The number of anilines is 1. The Labute approximate surface area is 111 Å². The topological polar surface area (TPSA) is 92.4 Å². The molecule has 19 heavy (non-hydrogen) atoms. The van der Waals surface area contributed by atoms with Gasteiger partial charge in [-0.2, -0.15) is 0 Å². The van der Waals surface area contributed by atoms with Crippen molar-refractivity contribution < 1.29 is 14.7 Å². The van der Waals surface area contributed by atoms with E-state index in [1.165, 1.54) is 0 Å². The largest absolute Gasteiger partial charge is 0.380 e. The molecule has 1 aliphatic rings. The van der Waals surface area contributed by atoms with E-state index < -0.39 is 11.5 Å². The molecule has 0 heterocycles. The lowest BCUT2D eigenvalue weighted by molar-refractivity contribution is -0.133. The molecule has 5 heteroatoms. The van der Waals surface area contributed by atoms with E-state index in [4.69, 9.17) is 5.73 Å². The molecule has 5 nitrogen and oxygen atoms in total. The van der Waals surface area contributed by atoms with Crippen LogP contribution in [-0.2, 0) is 4.79 Å². The molecule has 0 saturated heterocycles. The lowest BCUT2D eigenvalue weighted by Gasteiger charge is -2.21. The molecule has 0 atom stereocenters. The number of aryl methyl sites for hydroxylation is 1. The first kappa shape index (κ1) is 13.5. The Morgan fingerprint density at radius 1 is 1.32 bits per heavy atom. The van der Waals surface area contributed by atoms with Crippen LogP contribution < -0.4 is 11.1 Å². The van der Waals surface area contributed by atoms with Crippen molar-refractivity contribution in [1.29, 1.82) is 0 Å². The molecule has 1 aromatic carbocycles. The molecule has 0 bridgehead atoms. The summed E-state index contributed by atoms with van der Waals surface area (Å²) in [6.45, 7) is 1.75. The number of primary amides is 1. The van der Waals surface area contributed by atoms with Crippen LogP contribution in [0.5, 0.6) is 0 Å². The maximum absolute atomic E-state index is 12.0. The maximum atomic E-state index is 12.0. The minimum absolute atomic E-state index is 0.378. The summed E-state index contributed by atoms with van der Waals surface area (Å²) >= 11 is 0. The highest BCUT2D eigenvalue weighted by Crippen LogP contribution is 2.30. The summed E-state index contributed by atoms with van der Waals surface area (Å²) in [5.41, 5.74) is 5.66. The van der Waals surface area contributed by atoms with Crippen LogP contribution in [-0.4, -0.2) is 22.5 Å². The van der Waals surface area contributed by atoms with Gasteiger partial charge in [0.15, 0.2) is 0 Å². The quantitative estimate of drug-likeness (QED) is 0.767. The highest BCUT2D eigenvalue weighted by Gasteiger charge is 2.38. The van der Waals surface area contributed by atoms with Crippen LogP contribution in [0.3, 0.4) is 0 Å². The molecular formula is C14H18N2O3. The van der Waals surface area contributed by atoms with Gasteiger partial charge in [0, 0.05) is 11.3 Å². The molecule has 2 rings (SSSR count). The van der Waals surface area contributed by atoms with E-state index in [1.807, 2.05) is 0 Å². The van der Waals surface area contributed by atoms with Crippen molar-refractivity contribution in [2.45, 2.75) is 38.2 Å². The van der Waals surface area contributed by atoms with Crippen molar-refractivity contribution in [3.63, 3.8) is 0 Å². The van der Waals surface area contributed by atoms with Crippen LogP contribution in [0.15, 0.2) is 18.2 Å². The lowest BCUT2D eigenvalue weighted by Crippen LogP contribution is -2.40. The van der Waals surface area contributed by atoms with Crippen LogP contribution >= 0.6 is 0 Å². The van der Waals surface area contributed by atoms with E-state index >= 15 is 0 Å². The highest BCUT2D eigenvalue weighted by atomic mass is 16.3. The number of hydrogen-bond acceptors (Lipinski definition) is 3. The molecule has 0 radical (unpaired) electrons. The predicted molar refractivity (Wildman–Crippen MR) is 71.7 cm³/mol. The van der Waals surface area contributed by atoms with Crippen LogP contribution in [0.2, 0.25) is 0 Å². The van der Waals surface area contributed by atoms with Crippen LogP contribution in [0.25, 0.3) is 0 Å². The monoisotopic (exact) mass is 262 g/mol. The van der Waals surface area contributed by atoms with Crippen molar-refractivity contribution in [3.05, 3.63) is 29.3 Å². The van der Waals surface area contributed by atoms with Crippen LogP contribution in [0.1, 0.15) is 41.6 Å². The van der Waals surface area contributed by atoms with E-state index in [9.17, 15) is 14.7 Å². The zero-order valence-corrected chi connectivity index (χ0v) is 10.9. The van der Waals surface area contributed by atoms with Gasteiger partial charge in [-0.15, -0.1) is 0 Å². The van der Waals surface area contributed by atoms with Gasteiger partial charge in [0.2, 0.25) is 5.91 Å². The molecule has 0 spiro atoms. The van der Waals surface area contributed by atoms with E-state index in [-0.39, 0.29) is 5.91 Å². The molecule has 4 N–H and O–H groups in total. The lowest BCUT2D eigenvalue weighted by atomic mass is 10.0. The molecule has 102 valence electrons. The van der Waals surface area contributed by atoms with Gasteiger partial charge in [0.1, 0.15) is 5.60 Å². The first-order valence-corrected chi connectivity index (χ1v) is 6.37. The first-order chi connectivity index (χ1) is 8.92. The number of benzene rings is 1. The van der Waals surface area contributed by atoms with Gasteiger partial charge in [-0.25, -0.2) is 0 Å². The normalized spacial score (nSPS) is 17.2. The Morgan fingerprint density at radius 3 is 2.47 bits per heavy atom. The fourth-order valence-electron chi connectivity index (χ4n) is 2.45. The summed E-state index contributed by atoms with van der Waals surface area (Å²) in [5, 5.41) is 12.8. The van der Waals surface area contributed by atoms with Crippen LogP contribution in [0, 0.1) is 6.92 Å². The summed E-state index contributed by atoms with van der Waals surface area (Å²) in [5.74, 6) is -0.874. The number of hydrogen-bond donors (Lipinski definition) is 3. The number of aliphatic hydroxyl groups is 1. The van der Waals surface area contributed by atoms with Gasteiger partial charge < -0.3 is 16.2 Å². The molecule has 1 saturated carbocycles. The minimum atomic E-state index is -1.25. The Hall–Kier alpha value is -1.88. The number of nitrogens with one attached hydrogen (secondary N) is 1. The van der Waals surface area contributed by atoms with Crippen LogP contribution in [0.4, 0.5) is 5.69 Å². The summed E-state index contributed by atoms with van der Waals surface area (Å²) in [6, 6.07) is 4.87. The number of rotatable bonds is 3. The number of carbonyl (C=O) groups excluding carboxylic acids is 2.